The first kappa shape index (κ1) is 11.3. The van der Waals surface area contributed by atoms with Gasteiger partial charge < -0.3 is 5.32 Å². The van der Waals surface area contributed by atoms with Gasteiger partial charge in [0.15, 0.2) is 0 Å². The summed E-state index contributed by atoms with van der Waals surface area (Å²) in [6.45, 7) is 4.05. The summed E-state index contributed by atoms with van der Waals surface area (Å²) >= 11 is 1.65. The van der Waals surface area contributed by atoms with Crippen LogP contribution in [0.4, 0.5) is 0 Å². The number of hydrazine groups is 1. The highest BCUT2D eigenvalue weighted by Gasteiger charge is 2.21. The highest BCUT2D eigenvalue weighted by molar-refractivity contribution is 7.09. The number of nitrogens with two attached hydrogens (primary N) is 1. The molecule has 1 fully saturated rings. The summed E-state index contributed by atoms with van der Waals surface area (Å²) in [4.78, 5) is 8.85. The van der Waals surface area contributed by atoms with Gasteiger partial charge in [-0.3, -0.25) is 5.43 Å². The SMILES string of the molecule is Cc1csc(C(C)NC(=NC2CC2)NN)n1. The van der Waals surface area contributed by atoms with Gasteiger partial charge in [0, 0.05) is 11.1 Å². The van der Waals surface area contributed by atoms with Crippen LogP contribution in [0, 0.1) is 6.92 Å². The number of thiazole rings is 1. The minimum atomic E-state index is 0.132. The highest BCUT2D eigenvalue weighted by atomic mass is 32.1. The van der Waals surface area contributed by atoms with E-state index < -0.39 is 0 Å². The molecule has 88 valence electrons. The van der Waals surface area contributed by atoms with E-state index in [0.717, 1.165) is 23.5 Å². The number of aliphatic imine (C=N–C) groups is 1. The Hall–Kier alpha value is -1.14. The summed E-state index contributed by atoms with van der Waals surface area (Å²) in [6.07, 6.45) is 2.33. The number of aromatic nitrogens is 1. The lowest BCUT2D eigenvalue weighted by Crippen LogP contribution is -2.42. The lowest BCUT2D eigenvalue weighted by Gasteiger charge is -2.14. The summed E-state index contributed by atoms with van der Waals surface area (Å²) in [5.41, 5.74) is 3.65. The third-order valence-corrected chi connectivity index (χ3v) is 3.50. The first-order valence-corrected chi connectivity index (χ1v) is 6.30. The first-order chi connectivity index (χ1) is 7.69. The van der Waals surface area contributed by atoms with Crippen LogP contribution in [0.25, 0.3) is 0 Å². The average molecular weight is 239 g/mol. The van der Waals surface area contributed by atoms with Gasteiger partial charge in [0.05, 0.1) is 12.1 Å². The molecule has 6 heteroatoms. The fraction of sp³-hybridized carbons (Fsp3) is 0.600. The van der Waals surface area contributed by atoms with E-state index in [0.29, 0.717) is 12.0 Å². The molecule has 0 aliphatic heterocycles. The topological polar surface area (TPSA) is 75.3 Å². The zero-order valence-electron chi connectivity index (χ0n) is 9.53. The molecule has 1 saturated carbocycles. The van der Waals surface area contributed by atoms with Crippen molar-refractivity contribution in [2.75, 3.05) is 0 Å². The third-order valence-electron chi connectivity index (χ3n) is 2.36. The van der Waals surface area contributed by atoms with Crippen LogP contribution in [0.1, 0.15) is 36.5 Å². The summed E-state index contributed by atoms with van der Waals surface area (Å²) < 4.78 is 0. The third kappa shape index (κ3) is 2.93. The minimum Gasteiger partial charge on any atom is -0.346 e. The molecular formula is C10H17N5S. The van der Waals surface area contributed by atoms with Crippen LogP contribution in [0.5, 0.6) is 0 Å². The van der Waals surface area contributed by atoms with Crippen molar-refractivity contribution in [1.29, 1.82) is 0 Å². The molecule has 4 N–H and O–H groups in total. The molecular weight excluding hydrogens is 222 g/mol. The zero-order chi connectivity index (χ0) is 11.5. The van der Waals surface area contributed by atoms with Crippen LogP contribution in [-0.4, -0.2) is 17.0 Å². The second-order valence-electron chi connectivity index (χ2n) is 4.05. The molecule has 1 aromatic rings. The largest absolute Gasteiger partial charge is 0.346 e. The van der Waals surface area contributed by atoms with Gasteiger partial charge in [-0.25, -0.2) is 15.8 Å². The standard InChI is InChI=1S/C10H17N5S/c1-6-5-16-9(12-6)7(2)13-10(15-11)14-8-3-4-8/h5,7-8H,3-4,11H2,1-2H3,(H2,13,14,15). The molecule has 0 bridgehead atoms. The van der Waals surface area contributed by atoms with Gasteiger partial charge in [-0.1, -0.05) is 0 Å². The Labute approximate surface area is 99.1 Å². The van der Waals surface area contributed by atoms with E-state index in [4.69, 9.17) is 5.84 Å². The molecule has 1 aliphatic carbocycles. The Bertz CT molecular complexity index is 382. The lowest BCUT2D eigenvalue weighted by molar-refractivity contribution is 0.681. The summed E-state index contributed by atoms with van der Waals surface area (Å²) in [6, 6.07) is 0.580. The molecule has 2 rings (SSSR count). The lowest BCUT2D eigenvalue weighted by atomic mass is 10.3. The van der Waals surface area contributed by atoms with E-state index in [2.05, 4.69) is 27.6 Å². The maximum Gasteiger partial charge on any atom is 0.206 e. The van der Waals surface area contributed by atoms with E-state index in [1.165, 1.54) is 0 Å². The summed E-state index contributed by atoms with van der Waals surface area (Å²) in [5, 5.41) is 6.32. The normalized spacial score (nSPS) is 18.3. The molecule has 0 amide bonds. The second kappa shape index (κ2) is 4.80. The van der Waals surface area contributed by atoms with Crippen LogP contribution < -0.4 is 16.6 Å². The number of hydrogen-bond donors (Lipinski definition) is 3. The van der Waals surface area contributed by atoms with E-state index in [-0.39, 0.29) is 6.04 Å². The maximum atomic E-state index is 5.42. The number of hydrogen-bond acceptors (Lipinski definition) is 4. The van der Waals surface area contributed by atoms with Crippen molar-refractivity contribution in [2.45, 2.75) is 38.8 Å². The molecule has 1 atom stereocenters. The number of aryl methyl sites for hydroxylation is 1. The van der Waals surface area contributed by atoms with Crippen molar-refractivity contribution in [3.05, 3.63) is 16.1 Å². The average Bonchev–Trinajstić information content (AvgIpc) is 2.97. The Balaban J connectivity index is 1.97. The molecule has 1 aromatic heterocycles. The molecule has 1 unspecified atom stereocenters. The van der Waals surface area contributed by atoms with E-state index in [1.807, 2.05) is 12.3 Å². The highest BCUT2D eigenvalue weighted by Crippen LogP contribution is 2.23. The van der Waals surface area contributed by atoms with Crippen LogP contribution in [0.15, 0.2) is 10.4 Å². The van der Waals surface area contributed by atoms with Gasteiger partial charge >= 0.3 is 0 Å². The predicted octanol–water partition coefficient (Wildman–Crippen LogP) is 1.08. The van der Waals surface area contributed by atoms with Crippen LogP contribution in [0.3, 0.4) is 0 Å². The van der Waals surface area contributed by atoms with Crippen LogP contribution in [0.2, 0.25) is 0 Å². The summed E-state index contributed by atoms with van der Waals surface area (Å²) in [7, 11) is 0. The van der Waals surface area contributed by atoms with Gasteiger partial charge in [0.1, 0.15) is 5.01 Å². The van der Waals surface area contributed by atoms with Crippen molar-refractivity contribution in [1.82, 2.24) is 15.7 Å². The Morgan fingerprint density at radius 3 is 2.94 bits per heavy atom. The summed E-state index contributed by atoms with van der Waals surface area (Å²) in [5.74, 6) is 6.08. The Morgan fingerprint density at radius 2 is 2.44 bits per heavy atom. The van der Waals surface area contributed by atoms with Gasteiger partial charge in [-0.2, -0.15) is 0 Å². The monoisotopic (exact) mass is 239 g/mol. The van der Waals surface area contributed by atoms with Gasteiger partial charge in [-0.15, -0.1) is 11.3 Å². The molecule has 0 saturated heterocycles. The minimum absolute atomic E-state index is 0.132. The molecule has 0 aromatic carbocycles. The van der Waals surface area contributed by atoms with E-state index in [9.17, 15) is 0 Å². The molecule has 5 nitrogen and oxygen atoms in total. The maximum absolute atomic E-state index is 5.42. The number of nitrogens with zero attached hydrogens (tertiary/aromatic N) is 2. The molecule has 1 aliphatic rings. The smallest absolute Gasteiger partial charge is 0.206 e. The first-order valence-electron chi connectivity index (χ1n) is 5.42. The van der Waals surface area contributed by atoms with Gasteiger partial charge in [0.25, 0.3) is 0 Å². The van der Waals surface area contributed by atoms with Crippen molar-refractivity contribution in [3.63, 3.8) is 0 Å². The van der Waals surface area contributed by atoms with E-state index >= 15 is 0 Å². The van der Waals surface area contributed by atoms with E-state index in [1.54, 1.807) is 11.3 Å². The molecule has 0 radical (unpaired) electrons. The van der Waals surface area contributed by atoms with Crippen molar-refractivity contribution < 1.29 is 0 Å². The molecule has 1 heterocycles. The zero-order valence-corrected chi connectivity index (χ0v) is 10.3. The Morgan fingerprint density at radius 1 is 1.69 bits per heavy atom. The van der Waals surface area contributed by atoms with Crippen molar-refractivity contribution in [3.8, 4) is 0 Å². The quantitative estimate of drug-likeness (QED) is 0.319. The molecule has 0 spiro atoms. The molecule has 16 heavy (non-hydrogen) atoms. The number of guanidine groups is 1. The fourth-order valence-corrected chi connectivity index (χ4v) is 2.14. The number of nitrogens with one attached hydrogen (secondary N) is 2. The van der Waals surface area contributed by atoms with Crippen molar-refractivity contribution >= 4 is 17.3 Å². The van der Waals surface area contributed by atoms with Crippen LogP contribution in [-0.2, 0) is 0 Å². The van der Waals surface area contributed by atoms with Gasteiger partial charge in [0.2, 0.25) is 5.96 Å². The second-order valence-corrected chi connectivity index (χ2v) is 4.94. The Kier molecular flexibility index (Phi) is 3.40. The van der Waals surface area contributed by atoms with Crippen molar-refractivity contribution in [2.24, 2.45) is 10.8 Å². The van der Waals surface area contributed by atoms with Crippen LogP contribution >= 0.6 is 11.3 Å². The number of rotatable bonds is 3. The fourth-order valence-electron chi connectivity index (χ4n) is 1.34. The van der Waals surface area contributed by atoms with Gasteiger partial charge in [-0.05, 0) is 26.7 Å². The predicted molar refractivity (Wildman–Crippen MR) is 66.2 cm³/mol.